The van der Waals surface area contributed by atoms with E-state index < -0.39 is 22.0 Å². The molecular formula is C13H14N4O4S. The lowest BCUT2D eigenvalue weighted by atomic mass is 10.2. The van der Waals surface area contributed by atoms with Gasteiger partial charge in [-0.3, -0.25) is 19.7 Å². The van der Waals surface area contributed by atoms with E-state index in [-0.39, 0.29) is 12.2 Å². The van der Waals surface area contributed by atoms with Crippen molar-refractivity contribution in [1.82, 2.24) is 9.55 Å². The fraction of sp³-hybridized carbons (Fsp3) is 0.308. The summed E-state index contributed by atoms with van der Waals surface area (Å²) >= 11 is 1.47. The third-order valence-corrected chi connectivity index (χ3v) is 3.90. The summed E-state index contributed by atoms with van der Waals surface area (Å²) in [5.41, 5.74) is 4.29. The SMILES string of the molecule is CCCc1nc(Cn2cc([N+](=O)[O-])cc(C(N)=O)c2=O)cs1. The largest absolute Gasteiger partial charge is 0.365 e. The maximum atomic E-state index is 12.1. The first-order valence-corrected chi connectivity index (χ1v) is 7.42. The van der Waals surface area contributed by atoms with Gasteiger partial charge in [0.15, 0.2) is 0 Å². The molecule has 2 heterocycles. The fourth-order valence-corrected chi connectivity index (χ4v) is 2.83. The molecule has 9 heteroatoms. The summed E-state index contributed by atoms with van der Waals surface area (Å²) in [6, 6.07) is 0.894. The van der Waals surface area contributed by atoms with Crippen LogP contribution in [0.1, 0.15) is 34.4 Å². The number of pyridine rings is 1. The second-order valence-corrected chi connectivity index (χ2v) is 5.59. The third-order valence-electron chi connectivity index (χ3n) is 2.94. The number of nitrogens with zero attached hydrogens (tertiary/aromatic N) is 3. The molecule has 8 nitrogen and oxygen atoms in total. The van der Waals surface area contributed by atoms with E-state index in [1.54, 1.807) is 5.38 Å². The number of nitrogens with two attached hydrogens (primary N) is 1. The van der Waals surface area contributed by atoms with Gasteiger partial charge in [-0.25, -0.2) is 4.98 Å². The minimum atomic E-state index is -0.993. The number of primary amides is 1. The van der Waals surface area contributed by atoms with Crippen molar-refractivity contribution < 1.29 is 9.72 Å². The zero-order valence-electron chi connectivity index (χ0n) is 11.8. The summed E-state index contributed by atoms with van der Waals surface area (Å²) in [6.07, 6.45) is 2.88. The Labute approximate surface area is 129 Å². The number of hydrogen-bond donors (Lipinski definition) is 1. The average Bonchev–Trinajstić information content (AvgIpc) is 2.88. The van der Waals surface area contributed by atoms with Gasteiger partial charge < -0.3 is 10.3 Å². The molecule has 2 aromatic heterocycles. The minimum absolute atomic E-state index is 0.0566. The Morgan fingerprint density at radius 1 is 1.55 bits per heavy atom. The van der Waals surface area contributed by atoms with Crippen molar-refractivity contribution >= 4 is 22.9 Å². The molecule has 0 aromatic carbocycles. The van der Waals surface area contributed by atoms with Gasteiger partial charge in [-0.05, 0) is 12.8 Å². The number of hydrogen-bond acceptors (Lipinski definition) is 6. The Kier molecular flexibility index (Phi) is 4.66. The molecule has 2 rings (SSSR count). The van der Waals surface area contributed by atoms with Crippen molar-refractivity contribution in [2.24, 2.45) is 5.73 Å². The van der Waals surface area contributed by atoms with Crippen LogP contribution in [0, 0.1) is 10.1 Å². The molecule has 0 fully saturated rings. The van der Waals surface area contributed by atoms with Crippen molar-refractivity contribution in [1.29, 1.82) is 0 Å². The Hall–Kier alpha value is -2.55. The predicted molar refractivity (Wildman–Crippen MR) is 81.1 cm³/mol. The lowest BCUT2D eigenvalue weighted by molar-refractivity contribution is -0.385. The number of aromatic nitrogens is 2. The quantitative estimate of drug-likeness (QED) is 0.635. The molecule has 0 aliphatic rings. The van der Waals surface area contributed by atoms with E-state index in [2.05, 4.69) is 4.98 Å². The molecular weight excluding hydrogens is 308 g/mol. The van der Waals surface area contributed by atoms with Crippen molar-refractivity contribution in [2.45, 2.75) is 26.3 Å². The molecule has 0 atom stereocenters. The minimum Gasteiger partial charge on any atom is -0.365 e. The second kappa shape index (κ2) is 6.48. The van der Waals surface area contributed by atoms with Crippen LogP contribution in [0.4, 0.5) is 5.69 Å². The van der Waals surface area contributed by atoms with E-state index in [4.69, 9.17) is 5.73 Å². The van der Waals surface area contributed by atoms with Gasteiger partial charge >= 0.3 is 0 Å². The summed E-state index contributed by atoms with van der Waals surface area (Å²) < 4.78 is 1.09. The average molecular weight is 322 g/mol. The first-order valence-electron chi connectivity index (χ1n) is 6.54. The summed E-state index contributed by atoms with van der Waals surface area (Å²) in [7, 11) is 0. The zero-order chi connectivity index (χ0) is 16.3. The van der Waals surface area contributed by atoms with Gasteiger partial charge in [0.25, 0.3) is 17.2 Å². The van der Waals surface area contributed by atoms with Crippen LogP contribution in [0.25, 0.3) is 0 Å². The first kappa shape index (κ1) is 15.8. The topological polar surface area (TPSA) is 121 Å². The molecule has 0 saturated heterocycles. The summed E-state index contributed by atoms with van der Waals surface area (Å²) in [4.78, 5) is 38.0. The number of carbonyl (C=O) groups is 1. The van der Waals surface area contributed by atoms with E-state index in [1.807, 2.05) is 6.92 Å². The molecule has 22 heavy (non-hydrogen) atoms. The zero-order valence-corrected chi connectivity index (χ0v) is 12.6. The van der Waals surface area contributed by atoms with E-state index >= 15 is 0 Å². The molecule has 0 aliphatic carbocycles. The van der Waals surface area contributed by atoms with Gasteiger partial charge in [0.2, 0.25) is 0 Å². The van der Waals surface area contributed by atoms with Gasteiger partial charge in [0.05, 0.1) is 28.4 Å². The van der Waals surface area contributed by atoms with Crippen LogP contribution in [0.3, 0.4) is 0 Å². The highest BCUT2D eigenvalue weighted by Crippen LogP contribution is 2.14. The summed E-state index contributed by atoms with van der Waals surface area (Å²) in [6.45, 7) is 2.09. The number of aryl methyl sites for hydroxylation is 1. The lowest BCUT2D eigenvalue weighted by Crippen LogP contribution is -2.30. The van der Waals surface area contributed by atoms with E-state index in [9.17, 15) is 19.7 Å². The van der Waals surface area contributed by atoms with E-state index in [0.29, 0.717) is 5.69 Å². The molecule has 116 valence electrons. The van der Waals surface area contributed by atoms with Crippen LogP contribution in [-0.2, 0) is 13.0 Å². The Bertz CT molecular complexity index is 781. The van der Waals surface area contributed by atoms with Crippen LogP contribution in [0.15, 0.2) is 22.4 Å². The molecule has 0 spiro atoms. The lowest BCUT2D eigenvalue weighted by Gasteiger charge is -2.05. The second-order valence-electron chi connectivity index (χ2n) is 4.65. The number of amides is 1. The van der Waals surface area contributed by atoms with Crippen molar-refractivity contribution in [3.05, 3.63) is 54.4 Å². The highest BCUT2D eigenvalue weighted by molar-refractivity contribution is 7.09. The molecule has 1 amide bonds. The fourth-order valence-electron chi connectivity index (χ4n) is 1.94. The highest BCUT2D eigenvalue weighted by Gasteiger charge is 2.18. The Morgan fingerprint density at radius 2 is 2.27 bits per heavy atom. The molecule has 2 aromatic rings. The van der Waals surface area contributed by atoms with E-state index in [0.717, 1.165) is 34.7 Å². The number of carbonyl (C=O) groups excluding carboxylic acids is 1. The van der Waals surface area contributed by atoms with Gasteiger partial charge in [0.1, 0.15) is 5.56 Å². The van der Waals surface area contributed by atoms with Gasteiger partial charge in [-0.2, -0.15) is 0 Å². The van der Waals surface area contributed by atoms with Crippen LogP contribution < -0.4 is 11.3 Å². The maximum Gasteiger partial charge on any atom is 0.286 e. The number of nitro groups is 1. The Balaban J connectivity index is 2.42. The van der Waals surface area contributed by atoms with Crippen LogP contribution >= 0.6 is 11.3 Å². The van der Waals surface area contributed by atoms with Crippen LogP contribution in [0.2, 0.25) is 0 Å². The van der Waals surface area contributed by atoms with Crippen molar-refractivity contribution in [2.75, 3.05) is 0 Å². The van der Waals surface area contributed by atoms with Gasteiger partial charge in [-0.15, -0.1) is 11.3 Å². The molecule has 0 bridgehead atoms. The smallest absolute Gasteiger partial charge is 0.286 e. The first-order chi connectivity index (χ1) is 10.4. The van der Waals surface area contributed by atoms with E-state index in [1.165, 1.54) is 11.3 Å². The standard InChI is InChI=1S/C13H14N4O4S/c1-2-3-11-15-8(7-22-11)5-16-6-9(17(20)21)4-10(12(14)18)13(16)19/h4,6-7H,2-3,5H2,1H3,(H2,14,18). The molecule has 0 radical (unpaired) electrons. The molecule has 0 aliphatic heterocycles. The normalized spacial score (nSPS) is 10.6. The monoisotopic (exact) mass is 322 g/mol. The highest BCUT2D eigenvalue weighted by atomic mass is 32.1. The van der Waals surface area contributed by atoms with Gasteiger partial charge in [-0.1, -0.05) is 6.92 Å². The number of thiazole rings is 1. The van der Waals surface area contributed by atoms with Crippen LogP contribution in [-0.4, -0.2) is 20.4 Å². The van der Waals surface area contributed by atoms with Crippen molar-refractivity contribution in [3.63, 3.8) is 0 Å². The Morgan fingerprint density at radius 3 is 2.86 bits per heavy atom. The number of rotatable bonds is 6. The molecule has 0 unspecified atom stereocenters. The molecule has 2 N–H and O–H groups in total. The summed E-state index contributed by atoms with van der Waals surface area (Å²) in [5.74, 6) is -0.993. The third kappa shape index (κ3) is 3.37. The summed E-state index contributed by atoms with van der Waals surface area (Å²) in [5, 5.41) is 13.6. The van der Waals surface area contributed by atoms with Crippen molar-refractivity contribution in [3.8, 4) is 0 Å². The van der Waals surface area contributed by atoms with Crippen LogP contribution in [0.5, 0.6) is 0 Å². The molecule has 0 saturated carbocycles. The van der Waals surface area contributed by atoms with Gasteiger partial charge in [0, 0.05) is 11.4 Å². The predicted octanol–water partition coefficient (Wildman–Crippen LogP) is 1.31. The maximum absolute atomic E-state index is 12.1.